The summed E-state index contributed by atoms with van der Waals surface area (Å²) < 4.78 is 0. The molecule has 1 heterocycles. The molecule has 2 bridgehead atoms. The van der Waals surface area contributed by atoms with Crippen molar-refractivity contribution in [3.05, 3.63) is 28.2 Å². The molecule has 5 rings (SSSR count). The van der Waals surface area contributed by atoms with Crippen molar-refractivity contribution in [2.75, 3.05) is 5.32 Å². The Hall–Kier alpha value is -2.13. The fraction of sp³-hybridized carbons (Fsp3) is 0.500. The van der Waals surface area contributed by atoms with Gasteiger partial charge in [-0.05, 0) is 49.5 Å². The highest BCUT2D eigenvalue weighted by Crippen LogP contribution is 2.46. The van der Waals surface area contributed by atoms with Crippen molar-refractivity contribution < 1.29 is 14.7 Å². The Kier molecular flexibility index (Phi) is 3.69. The van der Waals surface area contributed by atoms with Crippen molar-refractivity contribution in [3.63, 3.8) is 0 Å². The molecule has 1 amide bonds. The zero-order valence-corrected chi connectivity index (χ0v) is 13.9. The highest BCUT2D eigenvalue weighted by atomic mass is 32.1. The Balaban J connectivity index is 1.62. The monoisotopic (exact) mass is 342 g/mol. The second-order valence-corrected chi connectivity index (χ2v) is 7.95. The molecule has 6 heteroatoms. The largest absolute Gasteiger partial charge is 0.481 e. The first-order chi connectivity index (χ1) is 11.6. The van der Waals surface area contributed by atoms with E-state index in [2.05, 4.69) is 11.4 Å². The molecule has 1 fully saturated rings. The van der Waals surface area contributed by atoms with Gasteiger partial charge >= 0.3 is 5.97 Å². The first kappa shape index (κ1) is 15.4. The van der Waals surface area contributed by atoms with Gasteiger partial charge in [-0.15, -0.1) is 11.3 Å². The lowest BCUT2D eigenvalue weighted by atomic mass is 9.62. The number of aryl methyl sites for hydroxylation is 1. The lowest BCUT2D eigenvalue weighted by Gasteiger charge is -2.41. The number of hydrogen-bond acceptors (Lipinski definition) is 4. The lowest BCUT2D eigenvalue weighted by molar-refractivity contribution is -0.151. The summed E-state index contributed by atoms with van der Waals surface area (Å²) in [7, 11) is 0. The molecular weight excluding hydrogens is 324 g/mol. The first-order valence-corrected chi connectivity index (χ1v) is 9.18. The van der Waals surface area contributed by atoms with E-state index >= 15 is 0 Å². The molecule has 5 nitrogen and oxygen atoms in total. The van der Waals surface area contributed by atoms with Gasteiger partial charge in [-0.3, -0.25) is 9.59 Å². The van der Waals surface area contributed by atoms with Gasteiger partial charge in [0.2, 0.25) is 5.91 Å². The summed E-state index contributed by atoms with van der Waals surface area (Å²) in [4.78, 5) is 25.7. The molecule has 0 unspecified atom stereocenters. The van der Waals surface area contributed by atoms with Crippen LogP contribution in [0.25, 0.3) is 0 Å². The number of thiophene rings is 1. The molecule has 1 aromatic rings. The molecule has 4 atom stereocenters. The van der Waals surface area contributed by atoms with Crippen LogP contribution in [0, 0.1) is 35.0 Å². The number of carboxylic acid groups (broad SMARTS) is 1. The van der Waals surface area contributed by atoms with Crippen LogP contribution in [0.1, 0.15) is 35.3 Å². The minimum Gasteiger partial charge on any atom is -0.481 e. The highest BCUT2D eigenvalue weighted by Gasteiger charge is 2.48. The Morgan fingerprint density at radius 3 is 2.54 bits per heavy atom. The summed E-state index contributed by atoms with van der Waals surface area (Å²) in [6, 6.07) is 2.22. The van der Waals surface area contributed by atoms with Crippen LogP contribution >= 0.6 is 11.3 Å². The van der Waals surface area contributed by atoms with Crippen LogP contribution in [0.2, 0.25) is 0 Å². The molecule has 4 aliphatic carbocycles. The van der Waals surface area contributed by atoms with Gasteiger partial charge in [-0.2, -0.15) is 5.26 Å². The van der Waals surface area contributed by atoms with Gasteiger partial charge in [-0.1, -0.05) is 12.2 Å². The molecule has 2 N–H and O–H groups in total. The normalized spacial score (nSPS) is 30.0. The number of aliphatic carboxylic acids is 1. The molecule has 0 aliphatic heterocycles. The van der Waals surface area contributed by atoms with Crippen LogP contribution in [-0.2, 0) is 22.4 Å². The Labute approximate surface area is 144 Å². The second-order valence-electron chi connectivity index (χ2n) is 6.84. The summed E-state index contributed by atoms with van der Waals surface area (Å²) in [6.07, 6.45) is 8.54. The van der Waals surface area contributed by atoms with E-state index in [-0.39, 0.29) is 17.7 Å². The molecule has 0 radical (unpaired) electrons. The standard InChI is InChI=1S/C18H18N2O3S/c19-8-12-11-2-1-3-13(11)24-17(12)20-16(21)14-9-4-6-10(7-5-9)15(14)18(22)23/h4,6,9-10,14-15H,1-3,5,7H2,(H,20,21)(H,22,23)/t9-,10-,14+,15-/m0/s1. The maximum atomic E-state index is 12.9. The van der Waals surface area contributed by atoms with Crippen molar-refractivity contribution in [1.29, 1.82) is 5.26 Å². The van der Waals surface area contributed by atoms with Gasteiger partial charge in [0.1, 0.15) is 11.1 Å². The molecule has 0 spiro atoms. The van der Waals surface area contributed by atoms with Crippen LogP contribution in [-0.4, -0.2) is 17.0 Å². The predicted octanol–water partition coefficient (Wildman–Crippen LogP) is 2.96. The van der Waals surface area contributed by atoms with Gasteiger partial charge in [0.25, 0.3) is 0 Å². The van der Waals surface area contributed by atoms with E-state index in [4.69, 9.17) is 0 Å². The number of amides is 1. The molecular formula is C18H18N2O3S. The number of nitrogens with one attached hydrogen (secondary N) is 1. The zero-order chi connectivity index (χ0) is 16.8. The average molecular weight is 342 g/mol. The average Bonchev–Trinajstić information content (AvgIpc) is 3.15. The third-order valence-corrected chi connectivity index (χ3v) is 6.81. The number of nitriles is 1. The Morgan fingerprint density at radius 1 is 1.21 bits per heavy atom. The predicted molar refractivity (Wildman–Crippen MR) is 89.7 cm³/mol. The number of anilines is 1. The topological polar surface area (TPSA) is 90.2 Å². The minimum atomic E-state index is -0.900. The van der Waals surface area contributed by atoms with Crippen LogP contribution < -0.4 is 5.32 Å². The maximum absolute atomic E-state index is 12.9. The number of carbonyl (C=O) groups is 2. The van der Waals surface area contributed by atoms with Crippen LogP contribution in [0.4, 0.5) is 5.00 Å². The van der Waals surface area contributed by atoms with E-state index in [0.717, 1.165) is 37.7 Å². The number of rotatable bonds is 3. The van der Waals surface area contributed by atoms with Crippen LogP contribution in [0.5, 0.6) is 0 Å². The summed E-state index contributed by atoms with van der Waals surface area (Å²) in [6.45, 7) is 0. The molecule has 1 aromatic heterocycles. The van der Waals surface area contributed by atoms with Gasteiger partial charge in [0, 0.05) is 4.88 Å². The summed E-state index contributed by atoms with van der Waals surface area (Å²) in [5.41, 5.74) is 1.64. The zero-order valence-electron chi connectivity index (χ0n) is 13.1. The number of allylic oxidation sites excluding steroid dienone is 2. The number of fused-ring (bicyclic) bond motifs is 3. The van der Waals surface area contributed by atoms with Crippen LogP contribution in [0.3, 0.4) is 0 Å². The SMILES string of the molecule is N#Cc1c(NC(=O)[C@H]2[C@@H](C(=O)O)[C@H]3C=C[C@H]2CC3)sc2c1CCC2. The van der Waals surface area contributed by atoms with Gasteiger partial charge < -0.3 is 10.4 Å². The van der Waals surface area contributed by atoms with Crippen molar-refractivity contribution in [2.45, 2.75) is 32.1 Å². The molecule has 0 aromatic carbocycles. The summed E-state index contributed by atoms with van der Waals surface area (Å²) in [5.74, 6) is -2.44. The smallest absolute Gasteiger partial charge is 0.307 e. The van der Waals surface area contributed by atoms with Gasteiger partial charge in [0.15, 0.2) is 0 Å². The van der Waals surface area contributed by atoms with E-state index < -0.39 is 17.8 Å². The van der Waals surface area contributed by atoms with Crippen molar-refractivity contribution in [2.24, 2.45) is 23.7 Å². The number of carbonyl (C=O) groups excluding carboxylic acids is 1. The maximum Gasteiger partial charge on any atom is 0.307 e. The summed E-state index contributed by atoms with van der Waals surface area (Å²) >= 11 is 1.48. The number of carboxylic acids is 1. The van der Waals surface area contributed by atoms with Gasteiger partial charge in [-0.25, -0.2) is 0 Å². The third kappa shape index (κ3) is 2.27. The first-order valence-electron chi connectivity index (χ1n) is 8.36. The van der Waals surface area contributed by atoms with E-state index in [1.165, 1.54) is 16.2 Å². The minimum absolute atomic E-state index is 0.0200. The molecule has 24 heavy (non-hydrogen) atoms. The Morgan fingerprint density at radius 2 is 1.92 bits per heavy atom. The van der Waals surface area contributed by atoms with Crippen molar-refractivity contribution >= 4 is 28.2 Å². The molecule has 0 saturated heterocycles. The van der Waals surface area contributed by atoms with Crippen molar-refractivity contribution in [3.8, 4) is 6.07 Å². The quantitative estimate of drug-likeness (QED) is 0.826. The number of nitrogens with zero attached hydrogens (tertiary/aromatic N) is 1. The van der Waals surface area contributed by atoms with Gasteiger partial charge in [0.05, 0.1) is 17.4 Å². The molecule has 124 valence electrons. The third-order valence-electron chi connectivity index (χ3n) is 5.61. The van der Waals surface area contributed by atoms with E-state index in [0.29, 0.717) is 10.6 Å². The van der Waals surface area contributed by atoms with E-state index in [1.54, 1.807) is 0 Å². The molecule has 4 aliphatic rings. The second kappa shape index (κ2) is 5.75. The van der Waals surface area contributed by atoms with E-state index in [9.17, 15) is 20.0 Å². The fourth-order valence-electron chi connectivity index (χ4n) is 4.49. The van der Waals surface area contributed by atoms with Crippen LogP contribution in [0.15, 0.2) is 12.2 Å². The Bertz CT molecular complexity index is 789. The fourth-order valence-corrected chi connectivity index (χ4v) is 5.74. The number of hydrogen-bond donors (Lipinski definition) is 2. The lowest BCUT2D eigenvalue weighted by Crippen LogP contribution is -2.47. The van der Waals surface area contributed by atoms with E-state index in [1.807, 2.05) is 12.2 Å². The molecule has 1 saturated carbocycles. The van der Waals surface area contributed by atoms with Crippen molar-refractivity contribution in [1.82, 2.24) is 0 Å². The highest BCUT2D eigenvalue weighted by molar-refractivity contribution is 7.16. The summed E-state index contributed by atoms with van der Waals surface area (Å²) in [5, 5.41) is 22.5.